The standard InChI is InChI=1S/C14H21NO2/c1-4-9-17-13-7-5-12(6-8-13)10-14(15-3)11(2)16/h5-8,14-15H,4,9-10H2,1-3H3/t14-/m0/s1. The van der Waals surface area contributed by atoms with Crippen molar-refractivity contribution < 1.29 is 9.53 Å². The van der Waals surface area contributed by atoms with Gasteiger partial charge in [0.15, 0.2) is 0 Å². The zero-order valence-corrected chi connectivity index (χ0v) is 10.8. The van der Waals surface area contributed by atoms with Crippen LogP contribution in [0.5, 0.6) is 5.75 Å². The number of ether oxygens (including phenoxy) is 1. The van der Waals surface area contributed by atoms with E-state index in [2.05, 4.69) is 12.2 Å². The number of benzene rings is 1. The second-order valence-corrected chi connectivity index (χ2v) is 4.15. The Morgan fingerprint density at radius 3 is 2.47 bits per heavy atom. The topological polar surface area (TPSA) is 38.3 Å². The second-order valence-electron chi connectivity index (χ2n) is 4.15. The van der Waals surface area contributed by atoms with Crippen molar-refractivity contribution in [2.45, 2.75) is 32.7 Å². The van der Waals surface area contributed by atoms with Crippen molar-refractivity contribution in [3.63, 3.8) is 0 Å². The minimum Gasteiger partial charge on any atom is -0.494 e. The first kappa shape index (κ1) is 13.7. The molecular formula is C14H21NO2. The van der Waals surface area contributed by atoms with Crippen LogP contribution in [0, 0.1) is 0 Å². The van der Waals surface area contributed by atoms with Crippen molar-refractivity contribution in [1.29, 1.82) is 0 Å². The van der Waals surface area contributed by atoms with E-state index in [9.17, 15) is 4.79 Å². The molecule has 17 heavy (non-hydrogen) atoms. The Morgan fingerprint density at radius 1 is 1.35 bits per heavy atom. The number of Topliss-reactive ketones (excluding diaryl/α,β-unsaturated/α-hetero) is 1. The molecule has 1 aromatic rings. The Morgan fingerprint density at radius 2 is 2.00 bits per heavy atom. The summed E-state index contributed by atoms with van der Waals surface area (Å²) in [6.45, 7) is 4.44. The second kappa shape index (κ2) is 7.07. The van der Waals surface area contributed by atoms with E-state index in [1.54, 1.807) is 6.92 Å². The van der Waals surface area contributed by atoms with Crippen molar-refractivity contribution in [3.05, 3.63) is 29.8 Å². The summed E-state index contributed by atoms with van der Waals surface area (Å²) in [4.78, 5) is 11.3. The highest BCUT2D eigenvalue weighted by Gasteiger charge is 2.11. The molecule has 0 saturated heterocycles. The lowest BCUT2D eigenvalue weighted by molar-refractivity contribution is -0.118. The van der Waals surface area contributed by atoms with Gasteiger partial charge in [-0.1, -0.05) is 19.1 Å². The van der Waals surface area contributed by atoms with Gasteiger partial charge in [0, 0.05) is 0 Å². The van der Waals surface area contributed by atoms with Crippen LogP contribution < -0.4 is 10.1 Å². The SMILES string of the molecule is CCCOc1ccc(C[C@H](NC)C(C)=O)cc1. The van der Waals surface area contributed by atoms with E-state index in [0.717, 1.165) is 30.8 Å². The molecule has 0 radical (unpaired) electrons. The number of likely N-dealkylation sites (N-methyl/N-ethyl adjacent to an activating group) is 1. The molecule has 1 aromatic carbocycles. The van der Waals surface area contributed by atoms with Gasteiger partial charge in [-0.05, 0) is 44.5 Å². The predicted octanol–water partition coefficient (Wildman–Crippen LogP) is 2.19. The van der Waals surface area contributed by atoms with Crippen LogP contribution in [-0.2, 0) is 11.2 Å². The Kier molecular flexibility index (Phi) is 5.70. The largest absolute Gasteiger partial charge is 0.494 e. The van der Waals surface area contributed by atoms with Gasteiger partial charge in [-0.2, -0.15) is 0 Å². The van der Waals surface area contributed by atoms with Gasteiger partial charge in [0.05, 0.1) is 12.6 Å². The quantitative estimate of drug-likeness (QED) is 0.787. The third-order valence-corrected chi connectivity index (χ3v) is 2.68. The van der Waals surface area contributed by atoms with Crippen LogP contribution in [0.3, 0.4) is 0 Å². The summed E-state index contributed by atoms with van der Waals surface area (Å²) >= 11 is 0. The first-order valence-corrected chi connectivity index (χ1v) is 6.06. The molecule has 0 aliphatic carbocycles. The number of nitrogens with one attached hydrogen (secondary N) is 1. The van der Waals surface area contributed by atoms with Crippen molar-refractivity contribution in [3.8, 4) is 5.75 Å². The number of hydrogen-bond acceptors (Lipinski definition) is 3. The van der Waals surface area contributed by atoms with Crippen LogP contribution in [0.4, 0.5) is 0 Å². The Bertz CT molecular complexity index is 346. The lowest BCUT2D eigenvalue weighted by atomic mass is 10.0. The molecule has 1 atom stereocenters. The molecule has 1 N–H and O–H groups in total. The summed E-state index contributed by atoms with van der Waals surface area (Å²) in [5, 5.41) is 3.02. The molecule has 1 rings (SSSR count). The van der Waals surface area contributed by atoms with Gasteiger partial charge in [0.25, 0.3) is 0 Å². The molecule has 0 unspecified atom stereocenters. The fourth-order valence-corrected chi connectivity index (χ4v) is 1.63. The van der Waals surface area contributed by atoms with Crippen LogP contribution in [0.25, 0.3) is 0 Å². The summed E-state index contributed by atoms with van der Waals surface area (Å²) in [5.74, 6) is 1.05. The zero-order chi connectivity index (χ0) is 12.7. The Balaban J connectivity index is 2.58. The maximum Gasteiger partial charge on any atom is 0.147 e. The average Bonchev–Trinajstić information content (AvgIpc) is 2.34. The van der Waals surface area contributed by atoms with Gasteiger partial charge in [0.1, 0.15) is 11.5 Å². The van der Waals surface area contributed by atoms with Crippen molar-refractivity contribution in [2.75, 3.05) is 13.7 Å². The molecule has 0 amide bonds. The van der Waals surface area contributed by atoms with Gasteiger partial charge < -0.3 is 10.1 Å². The van der Waals surface area contributed by atoms with Crippen molar-refractivity contribution >= 4 is 5.78 Å². The summed E-state index contributed by atoms with van der Waals surface area (Å²) in [6, 6.07) is 7.84. The minimum absolute atomic E-state index is 0.0996. The average molecular weight is 235 g/mol. The van der Waals surface area contributed by atoms with Crippen LogP contribution >= 0.6 is 0 Å². The molecule has 0 fully saturated rings. The van der Waals surface area contributed by atoms with Gasteiger partial charge in [0.2, 0.25) is 0 Å². The monoisotopic (exact) mass is 235 g/mol. The highest BCUT2D eigenvalue weighted by Crippen LogP contribution is 2.13. The minimum atomic E-state index is -0.0996. The number of ketones is 1. The van der Waals surface area contributed by atoms with Crippen LogP contribution in [0.1, 0.15) is 25.8 Å². The van der Waals surface area contributed by atoms with E-state index in [4.69, 9.17) is 4.74 Å². The maximum atomic E-state index is 11.3. The number of rotatable bonds is 7. The summed E-state index contributed by atoms with van der Waals surface area (Å²) < 4.78 is 5.51. The zero-order valence-electron chi connectivity index (χ0n) is 10.8. The van der Waals surface area contributed by atoms with Gasteiger partial charge in [-0.3, -0.25) is 4.79 Å². The predicted molar refractivity (Wildman–Crippen MR) is 69.5 cm³/mol. The van der Waals surface area contributed by atoms with Gasteiger partial charge in [-0.15, -0.1) is 0 Å². The van der Waals surface area contributed by atoms with E-state index in [1.807, 2.05) is 31.3 Å². The molecule has 3 heteroatoms. The summed E-state index contributed by atoms with van der Waals surface area (Å²) in [6.07, 6.45) is 1.73. The lowest BCUT2D eigenvalue weighted by Crippen LogP contribution is -2.34. The van der Waals surface area contributed by atoms with Crippen molar-refractivity contribution in [2.24, 2.45) is 0 Å². The third-order valence-electron chi connectivity index (χ3n) is 2.68. The van der Waals surface area contributed by atoms with Gasteiger partial charge in [-0.25, -0.2) is 0 Å². The fourth-order valence-electron chi connectivity index (χ4n) is 1.63. The van der Waals surface area contributed by atoms with E-state index >= 15 is 0 Å². The van der Waals surface area contributed by atoms with Gasteiger partial charge >= 0.3 is 0 Å². The van der Waals surface area contributed by atoms with Crippen LogP contribution in [0.2, 0.25) is 0 Å². The molecule has 3 nitrogen and oxygen atoms in total. The van der Waals surface area contributed by atoms with Crippen molar-refractivity contribution in [1.82, 2.24) is 5.32 Å². The van der Waals surface area contributed by atoms with Crippen LogP contribution in [0.15, 0.2) is 24.3 Å². The van der Waals surface area contributed by atoms with Crippen LogP contribution in [-0.4, -0.2) is 25.5 Å². The maximum absolute atomic E-state index is 11.3. The molecule has 0 aliphatic heterocycles. The smallest absolute Gasteiger partial charge is 0.147 e. The van der Waals surface area contributed by atoms with E-state index in [1.165, 1.54) is 0 Å². The lowest BCUT2D eigenvalue weighted by Gasteiger charge is -2.13. The van der Waals surface area contributed by atoms with E-state index < -0.39 is 0 Å². The first-order chi connectivity index (χ1) is 8.17. The Labute approximate surface area is 103 Å². The molecule has 94 valence electrons. The molecule has 0 bridgehead atoms. The third kappa shape index (κ3) is 4.57. The highest BCUT2D eigenvalue weighted by molar-refractivity contribution is 5.81. The molecule has 0 heterocycles. The molecule has 0 aliphatic rings. The number of carbonyl (C=O) groups is 1. The summed E-state index contributed by atoms with van der Waals surface area (Å²) in [5.41, 5.74) is 1.14. The highest BCUT2D eigenvalue weighted by atomic mass is 16.5. The number of carbonyl (C=O) groups excluding carboxylic acids is 1. The molecule has 0 spiro atoms. The molecular weight excluding hydrogens is 214 g/mol. The normalized spacial score (nSPS) is 12.2. The van der Waals surface area contributed by atoms with E-state index in [0.29, 0.717) is 0 Å². The number of hydrogen-bond donors (Lipinski definition) is 1. The Hall–Kier alpha value is -1.35. The summed E-state index contributed by atoms with van der Waals surface area (Å²) in [7, 11) is 1.81. The molecule has 0 saturated carbocycles. The fraction of sp³-hybridized carbons (Fsp3) is 0.500. The molecule has 0 aromatic heterocycles. The first-order valence-electron chi connectivity index (χ1n) is 6.06. The van der Waals surface area contributed by atoms with E-state index in [-0.39, 0.29) is 11.8 Å².